The molecule has 0 bridgehead atoms. The average Bonchev–Trinajstić information content (AvgIpc) is 3.16. The first kappa shape index (κ1) is 16.0. The molecule has 1 aliphatic rings. The van der Waals surface area contributed by atoms with E-state index in [-0.39, 0.29) is 5.78 Å². The summed E-state index contributed by atoms with van der Waals surface area (Å²) in [5.74, 6) is 0.193. The van der Waals surface area contributed by atoms with Gasteiger partial charge in [0.25, 0.3) is 0 Å². The Bertz CT molecular complexity index is 666. The van der Waals surface area contributed by atoms with Crippen LogP contribution in [0.15, 0.2) is 36.4 Å². The van der Waals surface area contributed by atoms with Crippen molar-refractivity contribution in [1.29, 1.82) is 0 Å². The van der Waals surface area contributed by atoms with Gasteiger partial charge < -0.3 is 9.88 Å². The first-order valence-corrected chi connectivity index (χ1v) is 8.63. The Morgan fingerprint density at radius 3 is 2.57 bits per heavy atom. The fourth-order valence-electron chi connectivity index (χ4n) is 3.80. The number of Topliss-reactive ketones (excluding diaryl/α,β-unsaturated/α-hetero) is 1. The van der Waals surface area contributed by atoms with E-state index in [1.807, 2.05) is 18.2 Å². The molecule has 0 radical (unpaired) electrons. The van der Waals surface area contributed by atoms with E-state index in [4.69, 9.17) is 0 Å². The second-order valence-corrected chi connectivity index (χ2v) is 6.61. The molecule has 1 heterocycles. The summed E-state index contributed by atoms with van der Waals surface area (Å²) < 4.78 is 2.39. The van der Waals surface area contributed by atoms with Crippen LogP contribution in [0.5, 0.6) is 0 Å². The number of carbonyl (C=O) groups excluding carboxylic acids is 1. The number of nitrogens with one attached hydrogen (secondary N) is 1. The lowest BCUT2D eigenvalue weighted by molar-refractivity contribution is 0.0990. The monoisotopic (exact) mass is 310 g/mol. The molecule has 1 N–H and O–H groups in total. The summed E-state index contributed by atoms with van der Waals surface area (Å²) in [4.78, 5) is 12.6. The quantitative estimate of drug-likeness (QED) is 0.812. The zero-order chi connectivity index (χ0) is 16.2. The summed E-state index contributed by atoms with van der Waals surface area (Å²) in [5, 5.41) is 3.27. The summed E-state index contributed by atoms with van der Waals surface area (Å²) in [7, 11) is 0. The minimum absolute atomic E-state index is 0.193. The maximum absolute atomic E-state index is 12.6. The Morgan fingerprint density at radius 2 is 1.87 bits per heavy atom. The molecule has 2 aromatic rings. The average molecular weight is 310 g/mol. The van der Waals surface area contributed by atoms with Crippen LogP contribution in [0.4, 0.5) is 0 Å². The number of aryl methyl sites for hydroxylation is 1. The molecule has 23 heavy (non-hydrogen) atoms. The van der Waals surface area contributed by atoms with Gasteiger partial charge in [-0.15, -0.1) is 0 Å². The van der Waals surface area contributed by atoms with Crippen LogP contribution >= 0.6 is 0 Å². The third kappa shape index (κ3) is 3.56. The van der Waals surface area contributed by atoms with Crippen molar-refractivity contribution in [3.8, 4) is 0 Å². The van der Waals surface area contributed by atoms with E-state index in [1.165, 1.54) is 36.9 Å². The Balaban J connectivity index is 1.64. The van der Waals surface area contributed by atoms with Crippen LogP contribution in [0, 0.1) is 13.8 Å². The van der Waals surface area contributed by atoms with Gasteiger partial charge in [-0.25, -0.2) is 0 Å². The third-order valence-electron chi connectivity index (χ3n) is 4.93. The molecule has 1 saturated carbocycles. The highest BCUT2D eigenvalue weighted by molar-refractivity contribution is 5.99. The number of rotatable bonds is 6. The number of hydrogen-bond acceptors (Lipinski definition) is 2. The molecule has 3 heteroatoms. The summed E-state index contributed by atoms with van der Waals surface area (Å²) in [6.45, 7) is 5.34. The van der Waals surface area contributed by atoms with Crippen LogP contribution in [0.3, 0.4) is 0 Å². The van der Waals surface area contributed by atoms with Crippen LogP contribution in [-0.2, 0) is 6.54 Å². The van der Waals surface area contributed by atoms with E-state index in [0.29, 0.717) is 12.6 Å². The van der Waals surface area contributed by atoms with Gasteiger partial charge in [0.15, 0.2) is 5.78 Å². The second-order valence-electron chi connectivity index (χ2n) is 6.61. The smallest absolute Gasteiger partial charge is 0.178 e. The molecule has 0 unspecified atom stereocenters. The Labute approximate surface area is 138 Å². The molecule has 1 aromatic heterocycles. The van der Waals surface area contributed by atoms with Crippen molar-refractivity contribution in [2.75, 3.05) is 6.54 Å². The molecule has 0 spiro atoms. The molecule has 3 nitrogen and oxygen atoms in total. The summed E-state index contributed by atoms with van der Waals surface area (Å²) in [5.41, 5.74) is 4.45. The van der Waals surface area contributed by atoms with E-state index in [0.717, 1.165) is 17.8 Å². The van der Waals surface area contributed by atoms with E-state index >= 15 is 0 Å². The molecule has 1 aliphatic carbocycles. The normalized spacial score (nSPS) is 15.2. The van der Waals surface area contributed by atoms with Gasteiger partial charge in [-0.1, -0.05) is 43.2 Å². The van der Waals surface area contributed by atoms with Gasteiger partial charge in [0.05, 0.1) is 6.54 Å². The van der Waals surface area contributed by atoms with E-state index in [2.05, 4.69) is 41.9 Å². The highest BCUT2D eigenvalue weighted by Gasteiger charge is 2.23. The van der Waals surface area contributed by atoms with Gasteiger partial charge in [-0.3, -0.25) is 4.79 Å². The number of nitrogens with zero attached hydrogens (tertiary/aromatic N) is 1. The molecular weight excluding hydrogens is 284 g/mol. The lowest BCUT2D eigenvalue weighted by atomic mass is 10.1. The molecule has 0 aliphatic heterocycles. The molecular formula is C20H26N2O. The third-order valence-corrected chi connectivity index (χ3v) is 4.93. The fourth-order valence-corrected chi connectivity index (χ4v) is 3.80. The predicted molar refractivity (Wildman–Crippen MR) is 93.9 cm³/mol. The maximum Gasteiger partial charge on any atom is 0.178 e. The summed E-state index contributed by atoms with van der Waals surface area (Å²) in [6.07, 6.45) is 5.11. The number of aromatic nitrogens is 1. The first-order valence-electron chi connectivity index (χ1n) is 8.63. The Morgan fingerprint density at radius 1 is 1.17 bits per heavy atom. The standard InChI is InChI=1S/C20H26N2O/c1-15-12-19(16(2)22(15)18-10-6-7-11-18)20(23)14-21-13-17-8-4-3-5-9-17/h3-5,8-9,12,18,21H,6-7,10-11,13-14H2,1-2H3. The topological polar surface area (TPSA) is 34.0 Å². The SMILES string of the molecule is Cc1cc(C(=O)CNCc2ccccc2)c(C)n1C1CCCC1. The van der Waals surface area contributed by atoms with Crippen molar-refractivity contribution in [2.45, 2.75) is 52.1 Å². The molecule has 0 saturated heterocycles. The maximum atomic E-state index is 12.6. The predicted octanol–water partition coefficient (Wildman–Crippen LogP) is 4.19. The number of ketones is 1. The van der Waals surface area contributed by atoms with Gasteiger partial charge >= 0.3 is 0 Å². The van der Waals surface area contributed by atoms with E-state index < -0.39 is 0 Å². The molecule has 0 amide bonds. The summed E-state index contributed by atoms with van der Waals surface area (Å²) >= 11 is 0. The fraction of sp³-hybridized carbons (Fsp3) is 0.450. The van der Waals surface area contributed by atoms with E-state index in [9.17, 15) is 4.79 Å². The van der Waals surface area contributed by atoms with Crippen molar-refractivity contribution in [3.63, 3.8) is 0 Å². The minimum Gasteiger partial charge on any atom is -0.345 e. The van der Waals surface area contributed by atoms with Gasteiger partial charge in [-0.05, 0) is 38.3 Å². The minimum atomic E-state index is 0.193. The van der Waals surface area contributed by atoms with Gasteiger partial charge in [0.2, 0.25) is 0 Å². The number of carbonyl (C=O) groups is 1. The van der Waals surface area contributed by atoms with E-state index in [1.54, 1.807) is 0 Å². The lowest BCUT2D eigenvalue weighted by Crippen LogP contribution is -2.23. The van der Waals surface area contributed by atoms with Gasteiger partial charge in [0.1, 0.15) is 0 Å². The largest absolute Gasteiger partial charge is 0.345 e. The van der Waals surface area contributed by atoms with Crippen LogP contribution < -0.4 is 5.32 Å². The molecule has 122 valence electrons. The summed E-state index contributed by atoms with van der Waals surface area (Å²) in [6, 6.07) is 12.9. The molecule has 0 atom stereocenters. The zero-order valence-electron chi connectivity index (χ0n) is 14.1. The Kier molecular flexibility index (Phi) is 4.97. The highest BCUT2D eigenvalue weighted by Crippen LogP contribution is 2.33. The van der Waals surface area contributed by atoms with Crippen molar-refractivity contribution < 1.29 is 4.79 Å². The van der Waals surface area contributed by atoms with Crippen molar-refractivity contribution in [1.82, 2.24) is 9.88 Å². The van der Waals surface area contributed by atoms with Gasteiger partial charge in [-0.2, -0.15) is 0 Å². The second kappa shape index (κ2) is 7.14. The van der Waals surface area contributed by atoms with Crippen LogP contribution in [0.1, 0.15) is 59.0 Å². The zero-order valence-corrected chi connectivity index (χ0v) is 14.1. The van der Waals surface area contributed by atoms with Crippen molar-refractivity contribution in [3.05, 3.63) is 58.9 Å². The Hall–Kier alpha value is -1.87. The molecule has 1 fully saturated rings. The highest BCUT2D eigenvalue weighted by atomic mass is 16.1. The van der Waals surface area contributed by atoms with Crippen LogP contribution in [0.25, 0.3) is 0 Å². The lowest BCUT2D eigenvalue weighted by Gasteiger charge is -2.17. The van der Waals surface area contributed by atoms with Crippen molar-refractivity contribution in [2.24, 2.45) is 0 Å². The van der Waals surface area contributed by atoms with Gasteiger partial charge in [0, 0.05) is 29.5 Å². The molecule has 3 rings (SSSR count). The van der Waals surface area contributed by atoms with Crippen LogP contribution in [-0.4, -0.2) is 16.9 Å². The molecule has 1 aromatic carbocycles. The first-order chi connectivity index (χ1) is 11.2. The number of hydrogen-bond donors (Lipinski definition) is 1. The number of benzene rings is 1. The van der Waals surface area contributed by atoms with Crippen LogP contribution in [0.2, 0.25) is 0 Å². The van der Waals surface area contributed by atoms with Crippen molar-refractivity contribution >= 4 is 5.78 Å².